The van der Waals surface area contributed by atoms with Crippen molar-refractivity contribution < 1.29 is 14.3 Å². The summed E-state index contributed by atoms with van der Waals surface area (Å²) in [6.45, 7) is 8.78. The van der Waals surface area contributed by atoms with E-state index in [9.17, 15) is 9.59 Å². The molecule has 1 spiro atoms. The molecule has 0 aromatic rings. The highest BCUT2D eigenvalue weighted by molar-refractivity contribution is 5.90. The summed E-state index contributed by atoms with van der Waals surface area (Å²) in [5, 5.41) is 9.10. The zero-order valence-corrected chi connectivity index (χ0v) is 14.2. The fourth-order valence-electron chi connectivity index (χ4n) is 3.48. The SMILES string of the molecule is CCOCC(=O)N1CC[C@@]2(C1)C(=O)N(C(C)C)CCN2CC#N. The van der Waals surface area contributed by atoms with Crippen LogP contribution in [0.4, 0.5) is 0 Å². The number of likely N-dealkylation sites (tertiary alicyclic amines) is 1. The van der Waals surface area contributed by atoms with Crippen LogP contribution in [0.3, 0.4) is 0 Å². The first kappa shape index (κ1) is 17.7. The number of nitriles is 1. The summed E-state index contributed by atoms with van der Waals surface area (Å²) < 4.78 is 5.19. The molecule has 7 heteroatoms. The van der Waals surface area contributed by atoms with Crippen LogP contribution in [0.2, 0.25) is 0 Å². The van der Waals surface area contributed by atoms with Gasteiger partial charge in [0, 0.05) is 38.8 Å². The summed E-state index contributed by atoms with van der Waals surface area (Å²) in [6.07, 6.45) is 0.578. The maximum Gasteiger partial charge on any atom is 0.248 e. The van der Waals surface area contributed by atoms with Crippen LogP contribution in [-0.4, -0.2) is 84.0 Å². The molecule has 128 valence electrons. The predicted octanol–water partition coefficient (Wildman–Crippen LogP) is 0.0702. The lowest BCUT2D eigenvalue weighted by Crippen LogP contribution is -2.68. The molecule has 0 aliphatic carbocycles. The Bertz CT molecular complexity index is 502. The van der Waals surface area contributed by atoms with Gasteiger partial charge in [0.15, 0.2) is 0 Å². The smallest absolute Gasteiger partial charge is 0.248 e. The van der Waals surface area contributed by atoms with Crippen molar-refractivity contribution in [2.24, 2.45) is 0 Å². The summed E-state index contributed by atoms with van der Waals surface area (Å²) >= 11 is 0. The van der Waals surface area contributed by atoms with Crippen LogP contribution in [-0.2, 0) is 14.3 Å². The van der Waals surface area contributed by atoms with Crippen molar-refractivity contribution in [2.75, 3.05) is 45.9 Å². The van der Waals surface area contributed by atoms with E-state index in [-0.39, 0.29) is 31.0 Å². The predicted molar refractivity (Wildman–Crippen MR) is 84.5 cm³/mol. The van der Waals surface area contributed by atoms with E-state index in [1.165, 1.54) is 0 Å². The molecule has 2 fully saturated rings. The van der Waals surface area contributed by atoms with Gasteiger partial charge in [0.05, 0.1) is 12.6 Å². The number of piperazine rings is 1. The normalized spacial score (nSPS) is 25.4. The quantitative estimate of drug-likeness (QED) is 0.670. The van der Waals surface area contributed by atoms with Gasteiger partial charge in [-0.15, -0.1) is 0 Å². The summed E-state index contributed by atoms with van der Waals surface area (Å²) in [6, 6.07) is 2.28. The van der Waals surface area contributed by atoms with Crippen molar-refractivity contribution in [1.29, 1.82) is 5.26 Å². The maximum absolute atomic E-state index is 13.1. The van der Waals surface area contributed by atoms with Gasteiger partial charge in [-0.05, 0) is 27.2 Å². The molecule has 23 heavy (non-hydrogen) atoms. The monoisotopic (exact) mass is 322 g/mol. The summed E-state index contributed by atoms with van der Waals surface area (Å²) in [5.74, 6) is -0.0455. The molecule has 0 aromatic heterocycles. The minimum Gasteiger partial charge on any atom is -0.372 e. The minimum absolute atomic E-state index is 0.0423. The number of nitrogens with zero attached hydrogens (tertiary/aromatic N) is 4. The average molecular weight is 322 g/mol. The van der Waals surface area contributed by atoms with Crippen LogP contribution in [0.5, 0.6) is 0 Å². The lowest BCUT2D eigenvalue weighted by molar-refractivity contribution is -0.152. The second-order valence-electron chi connectivity index (χ2n) is 6.41. The lowest BCUT2D eigenvalue weighted by Gasteiger charge is -2.48. The molecule has 7 nitrogen and oxygen atoms in total. The fraction of sp³-hybridized carbons (Fsp3) is 0.812. The minimum atomic E-state index is -0.750. The van der Waals surface area contributed by atoms with E-state index in [0.29, 0.717) is 39.2 Å². The van der Waals surface area contributed by atoms with Crippen molar-refractivity contribution in [3.8, 4) is 6.07 Å². The van der Waals surface area contributed by atoms with Crippen molar-refractivity contribution >= 4 is 11.8 Å². The Hall–Kier alpha value is -1.65. The number of hydrogen-bond donors (Lipinski definition) is 0. The lowest BCUT2D eigenvalue weighted by atomic mass is 9.90. The van der Waals surface area contributed by atoms with E-state index in [4.69, 9.17) is 10.00 Å². The number of ether oxygens (including phenoxy) is 1. The first-order chi connectivity index (χ1) is 11.0. The van der Waals surface area contributed by atoms with E-state index in [0.717, 1.165) is 0 Å². The first-order valence-electron chi connectivity index (χ1n) is 8.25. The topological polar surface area (TPSA) is 76.9 Å². The first-order valence-corrected chi connectivity index (χ1v) is 8.25. The van der Waals surface area contributed by atoms with Crippen molar-refractivity contribution in [3.05, 3.63) is 0 Å². The molecular formula is C16H26N4O3. The standard InChI is InChI=1S/C16H26N4O3/c1-4-23-11-14(21)18-7-5-16(12-18)15(22)20(13(2)3)10-9-19(16)8-6-17/h13H,4-5,7-12H2,1-3H3/t16-/m1/s1. The maximum atomic E-state index is 13.1. The molecule has 0 unspecified atom stereocenters. The zero-order chi connectivity index (χ0) is 17.0. The van der Waals surface area contributed by atoms with Gasteiger partial charge < -0.3 is 14.5 Å². The molecular weight excluding hydrogens is 296 g/mol. The van der Waals surface area contributed by atoms with Crippen molar-refractivity contribution in [3.63, 3.8) is 0 Å². The van der Waals surface area contributed by atoms with Crippen LogP contribution in [0.15, 0.2) is 0 Å². The molecule has 2 amide bonds. The third-order valence-electron chi connectivity index (χ3n) is 4.79. The average Bonchev–Trinajstić information content (AvgIpc) is 2.96. The molecule has 2 heterocycles. The van der Waals surface area contributed by atoms with Crippen LogP contribution < -0.4 is 0 Å². The molecule has 0 radical (unpaired) electrons. The van der Waals surface area contributed by atoms with E-state index < -0.39 is 5.54 Å². The molecule has 0 aromatic carbocycles. The van der Waals surface area contributed by atoms with Gasteiger partial charge in [-0.1, -0.05) is 0 Å². The number of hydrogen-bond acceptors (Lipinski definition) is 5. The highest BCUT2D eigenvalue weighted by Crippen LogP contribution is 2.33. The molecule has 0 saturated carbocycles. The van der Waals surface area contributed by atoms with Crippen LogP contribution >= 0.6 is 0 Å². The third kappa shape index (κ3) is 3.33. The number of rotatable bonds is 5. The summed E-state index contributed by atoms with van der Waals surface area (Å²) in [5.41, 5.74) is -0.750. The van der Waals surface area contributed by atoms with Gasteiger partial charge in [-0.25, -0.2) is 0 Å². The van der Waals surface area contributed by atoms with Crippen LogP contribution in [0.25, 0.3) is 0 Å². The second kappa shape index (κ2) is 7.28. The summed E-state index contributed by atoms with van der Waals surface area (Å²) in [4.78, 5) is 30.8. The summed E-state index contributed by atoms with van der Waals surface area (Å²) in [7, 11) is 0. The van der Waals surface area contributed by atoms with Crippen molar-refractivity contribution in [1.82, 2.24) is 14.7 Å². The van der Waals surface area contributed by atoms with Crippen LogP contribution in [0.1, 0.15) is 27.2 Å². The third-order valence-corrected chi connectivity index (χ3v) is 4.79. The molecule has 2 aliphatic rings. The molecule has 2 aliphatic heterocycles. The van der Waals surface area contributed by atoms with E-state index in [2.05, 4.69) is 6.07 Å². The Labute approximate surface area is 137 Å². The van der Waals surface area contributed by atoms with Gasteiger partial charge in [-0.2, -0.15) is 5.26 Å². The van der Waals surface area contributed by atoms with Gasteiger partial charge in [0.25, 0.3) is 0 Å². The molecule has 0 bridgehead atoms. The highest BCUT2D eigenvalue weighted by Gasteiger charge is 2.54. The van der Waals surface area contributed by atoms with Gasteiger partial charge in [0.1, 0.15) is 12.1 Å². The van der Waals surface area contributed by atoms with Crippen LogP contribution in [0, 0.1) is 11.3 Å². The van der Waals surface area contributed by atoms with E-state index in [1.807, 2.05) is 30.6 Å². The molecule has 2 rings (SSSR count). The number of amides is 2. The number of carbonyl (C=O) groups excluding carboxylic acids is 2. The Morgan fingerprint density at radius 1 is 1.39 bits per heavy atom. The Kier molecular flexibility index (Phi) is 5.60. The zero-order valence-electron chi connectivity index (χ0n) is 14.2. The molecule has 2 saturated heterocycles. The van der Waals surface area contributed by atoms with Crippen molar-refractivity contribution in [2.45, 2.75) is 38.8 Å². The van der Waals surface area contributed by atoms with Gasteiger partial charge in [0.2, 0.25) is 11.8 Å². The Balaban J connectivity index is 2.19. The molecule has 0 N–H and O–H groups in total. The van der Waals surface area contributed by atoms with Gasteiger partial charge in [-0.3, -0.25) is 14.5 Å². The largest absolute Gasteiger partial charge is 0.372 e. The van der Waals surface area contributed by atoms with E-state index >= 15 is 0 Å². The molecule has 1 atom stereocenters. The highest BCUT2D eigenvalue weighted by atomic mass is 16.5. The fourth-order valence-corrected chi connectivity index (χ4v) is 3.48. The second-order valence-corrected chi connectivity index (χ2v) is 6.41. The van der Waals surface area contributed by atoms with E-state index in [1.54, 1.807) is 4.90 Å². The Morgan fingerprint density at radius 2 is 2.13 bits per heavy atom. The Morgan fingerprint density at radius 3 is 2.74 bits per heavy atom. The van der Waals surface area contributed by atoms with Gasteiger partial charge >= 0.3 is 0 Å². The number of carbonyl (C=O) groups is 2.